The predicted molar refractivity (Wildman–Crippen MR) is 63.3 cm³/mol. The first-order valence-electron chi connectivity index (χ1n) is 4.33. The second-order valence-corrected chi connectivity index (χ2v) is 4.75. The van der Waals surface area contributed by atoms with E-state index in [0.29, 0.717) is 13.0 Å². The molecule has 1 heterocycles. The maximum atomic E-state index is 11.2. The van der Waals surface area contributed by atoms with Gasteiger partial charge < -0.3 is 5.32 Å². The van der Waals surface area contributed by atoms with Gasteiger partial charge in [-0.2, -0.15) is 0 Å². The molecule has 76 valence electrons. The van der Waals surface area contributed by atoms with E-state index in [4.69, 9.17) is 0 Å². The summed E-state index contributed by atoms with van der Waals surface area (Å²) in [6.45, 7) is 4.19. The molecule has 0 fully saturated rings. The summed E-state index contributed by atoms with van der Waals surface area (Å²) in [5.41, 5.74) is 0. The van der Waals surface area contributed by atoms with E-state index in [1.807, 2.05) is 11.4 Å². The van der Waals surface area contributed by atoms with Gasteiger partial charge in [0, 0.05) is 21.2 Å². The Bertz CT molecular complexity index is 322. The standard InChI is InChI=1S/C10H12BrNOS/c1-2-3-4-10(13)12-6-9-5-8(11)7-14-9/h2,5,7H,1,3-4,6H2,(H,12,13). The zero-order valence-electron chi connectivity index (χ0n) is 7.75. The largest absolute Gasteiger partial charge is 0.351 e. The lowest BCUT2D eigenvalue weighted by Crippen LogP contribution is -2.21. The molecule has 0 aliphatic heterocycles. The molecule has 1 N–H and O–H groups in total. The Morgan fingerprint density at radius 2 is 2.50 bits per heavy atom. The molecule has 0 aliphatic carbocycles. The van der Waals surface area contributed by atoms with Crippen LogP contribution in [-0.4, -0.2) is 5.91 Å². The van der Waals surface area contributed by atoms with Crippen LogP contribution in [0.3, 0.4) is 0 Å². The van der Waals surface area contributed by atoms with Gasteiger partial charge in [-0.3, -0.25) is 4.79 Å². The number of amides is 1. The maximum absolute atomic E-state index is 11.2. The highest BCUT2D eigenvalue weighted by Gasteiger charge is 2.01. The summed E-state index contributed by atoms with van der Waals surface area (Å²) in [5, 5.41) is 4.86. The van der Waals surface area contributed by atoms with Crippen molar-refractivity contribution in [2.24, 2.45) is 0 Å². The molecule has 1 aromatic rings. The van der Waals surface area contributed by atoms with Crippen LogP contribution in [0.15, 0.2) is 28.6 Å². The third kappa shape index (κ3) is 4.07. The van der Waals surface area contributed by atoms with E-state index in [2.05, 4.69) is 27.8 Å². The van der Waals surface area contributed by atoms with Crippen molar-refractivity contribution in [2.45, 2.75) is 19.4 Å². The van der Waals surface area contributed by atoms with Crippen LogP contribution in [0.4, 0.5) is 0 Å². The smallest absolute Gasteiger partial charge is 0.220 e. The molecule has 0 saturated carbocycles. The van der Waals surface area contributed by atoms with Crippen LogP contribution in [0.2, 0.25) is 0 Å². The van der Waals surface area contributed by atoms with Crippen molar-refractivity contribution in [1.82, 2.24) is 5.32 Å². The summed E-state index contributed by atoms with van der Waals surface area (Å²) in [6, 6.07) is 2.01. The van der Waals surface area contributed by atoms with Crippen LogP contribution in [-0.2, 0) is 11.3 Å². The van der Waals surface area contributed by atoms with Gasteiger partial charge in [-0.25, -0.2) is 0 Å². The van der Waals surface area contributed by atoms with Crippen molar-refractivity contribution in [1.29, 1.82) is 0 Å². The van der Waals surface area contributed by atoms with Crippen LogP contribution >= 0.6 is 27.3 Å². The lowest BCUT2D eigenvalue weighted by molar-refractivity contribution is -0.121. The topological polar surface area (TPSA) is 29.1 Å². The van der Waals surface area contributed by atoms with E-state index in [0.717, 1.165) is 15.8 Å². The fourth-order valence-corrected chi connectivity index (χ4v) is 2.34. The molecule has 1 rings (SSSR count). The van der Waals surface area contributed by atoms with Crippen molar-refractivity contribution in [3.63, 3.8) is 0 Å². The van der Waals surface area contributed by atoms with E-state index >= 15 is 0 Å². The molecule has 0 saturated heterocycles. The summed E-state index contributed by atoms with van der Waals surface area (Å²) < 4.78 is 1.07. The number of allylic oxidation sites excluding steroid dienone is 1. The fourth-order valence-electron chi connectivity index (χ4n) is 0.954. The first-order chi connectivity index (χ1) is 6.72. The Labute approximate surface area is 96.2 Å². The van der Waals surface area contributed by atoms with E-state index in [1.54, 1.807) is 17.4 Å². The molecular formula is C10H12BrNOS. The maximum Gasteiger partial charge on any atom is 0.220 e. The SMILES string of the molecule is C=CCCC(=O)NCc1cc(Br)cs1. The average molecular weight is 274 g/mol. The molecular weight excluding hydrogens is 262 g/mol. The molecule has 0 spiro atoms. The van der Waals surface area contributed by atoms with E-state index < -0.39 is 0 Å². The van der Waals surface area contributed by atoms with Gasteiger partial charge in [0.2, 0.25) is 5.91 Å². The zero-order valence-corrected chi connectivity index (χ0v) is 10.2. The van der Waals surface area contributed by atoms with Crippen molar-refractivity contribution >= 4 is 33.2 Å². The monoisotopic (exact) mass is 273 g/mol. The van der Waals surface area contributed by atoms with Crippen molar-refractivity contribution in [3.05, 3.63) is 33.5 Å². The lowest BCUT2D eigenvalue weighted by atomic mass is 10.3. The van der Waals surface area contributed by atoms with Gasteiger partial charge in [-0.15, -0.1) is 17.9 Å². The second-order valence-electron chi connectivity index (χ2n) is 2.84. The van der Waals surface area contributed by atoms with E-state index in [1.165, 1.54) is 0 Å². The normalized spacial score (nSPS) is 9.79. The predicted octanol–water partition coefficient (Wildman–Crippen LogP) is 3.09. The Balaban J connectivity index is 2.26. The number of hydrogen-bond donors (Lipinski definition) is 1. The average Bonchev–Trinajstić information content (AvgIpc) is 2.58. The first-order valence-corrected chi connectivity index (χ1v) is 6.00. The molecule has 0 radical (unpaired) electrons. The molecule has 0 aliphatic rings. The number of carbonyl (C=O) groups excluding carboxylic acids is 1. The number of rotatable bonds is 5. The Kier molecular flexibility index (Phi) is 4.90. The Hall–Kier alpha value is -0.610. The van der Waals surface area contributed by atoms with Gasteiger partial charge in [0.25, 0.3) is 0 Å². The summed E-state index contributed by atoms with van der Waals surface area (Å²) >= 11 is 5.00. The van der Waals surface area contributed by atoms with Gasteiger partial charge in [-0.05, 0) is 28.4 Å². The van der Waals surface area contributed by atoms with E-state index in [-0.39, 0.29) is 5.91 Å². The van der Waals surface area contributed by atoms with E-state index in [9.17, 15) is 4.79 Å². The molecule has 0 bridgehead atoms. The van der Waals surface area contributed by atoms with Gasteiger partial charge in [-0.1, -0.05) is 6.08 Å². The highest BCUT2D eigenvalue weighted by Crippen LogP contribution is 2.19. The minimum atomic E-state index is 0.0782. The molecule has 1 amide bonds. The third-order valence-electron chi connectivity index (χ3n) is 1.66. The third-order valence-corrected chi connectivity index (χ3v) is 3.35. The Morgan fingerprint density at radius 1 is 1.71 bits per heavy atom. The van der Waals surface area contributed by atoms with Gasteiger partial charge >= 0.3 is 0 Å². The van der Waals surface area contributed by atoms with Gasteiger partial charge in [0.15, 0.2) is 0 Å². The molecule has 14 heavy (non-hydrogen) atoms. The molecule has 1 aromatic heterocycles. The number of nitrogens with one attached hydrogen (secondary N) is 1. The van der Waals surface area contributed by atoms with Gasteiger partial charge in [0.1, 0.15) is 0 Å². The summed E-state index contributed by atoms with van der Waals surface area (Å²) in [6.07, 6.45) is 3.01. The molecule has 0 unspecified atom stereocenters. The second kappa shape index (κ2) is 5.98. The van der Waals surface area contributed by atoms with Crippen molar-refractivity contribution < 1.29 is 4.79 Å². The number of carbonyl (C=O) groups is 1. The molecule has 2 nitrogen and oxygen atoms in total. The minimum absolute atomic E-state index is 0.0782. The minimum Gasteiger partial charge on any atom is -0.351 e. The van der Waals surface area contributed by atoms with Crippen LogP contribution in [0.1, 0.15) is 17.7 Å². The van der Waals surface area contributed by atoms with Crippen LogP contribution in [0.25, 0.3) is 0 Å². The van der Waals surface area contributed by atoms with Gasteiger partial charge in [0.05, 0.1) is 6.54 Å². The zero-order chi connectivity index (χ0) is 10.4. The highest BCUT2D eigenvalue weighted by molar-refractivity contribution is 9.10. The highest BCUT2D eigenvalue weighted by atomic mass is 79.9. The van der Waals surface area contributed by atoms with Crippen molar-refractivity contribution in [2.75, 3.05) is 0 Å². The lowest BCUT2D eigenvalue weighted by Gasteiger charge is -2.01. The summed E-state index contributed by atoms with van der Waals surface area (Å²) in [7, 11) is 0. The molecule has 0 atom stereocenters. The number of hydrogen-bond acceptors (Lipinski definition) is 2. The fraction of sp³-hybridized carbons (Fsp3) is 0.300. The molecule has 4 heteroatoms. The number of thiophene rings is 1. The number of halogens is 1. The molecule has 0 aromatic carbocycles. The van der Waals surface area contributed by atoms with Crippen molar-refractivity contribution in [3.8, 4) is 0 Å². The quantitative estimate of drug-likeness (QED) is 0.821. The van der Waals surface area contributed by atoms with Crippen LogP contribution in [0.5, 0.6) is 0 Å². The first kappa shape index (κ1) is 11.5. The van der Waals surface area contributed by atoms with Crippen LogP contribution in [0, 0.1) is 0 Å². The Morgan fingerprint density at radius 3 is 3.07 bits per heavy atom. The summed E-state index contributed by atoms with van der Waals surface area (Å²) in [5.74, 6) is 0.0782. The summed E-state index contributed by atoms with van der Waals surface area (Å²) in [4.78, 5) is 12.4. The van der Waals surface area contributed by atoms with Crippen LogP contribution < -0.4 is 5.32 Å².